The fourth-order valence-electron chi connectivity index (χ4n) is 4.19. The first-order valence-corrected chi connectivity index (χ1v) is 10.4. The van der Waals surface area contributed by atoms with E-state index in [0.29, 0.717) is 6.42 Å². The van der Waals surface area contributed by atoms with Gasteiger partial charge in [0, 0.05) is 27.6 Å². The van der Waals surface area contributed by atoms with Crippen molar-refractivity contribution in [1.29, 1.82) is 0 Å². The molecule has 0 bridgehead atoms. The van der Waals surface area contributed by atoms with E-state index in [-0.39, 0.29) is 18.7 Å². The molecular weight excluding hydrogens is 451 g/mol. The number of hydrogen-bond acceptors (Lipinski definition) is 5. The van der Waals surface area contributed by atoms with E-state index in [1.807, 2.05) is 41.4 Å². The highest BCUT2D eigenvalue weighted by Gasteiger charge is 2.41. The number of hydrogen-bond donors (Lipinski definition) is 0. The highest BCUT2D eigenvalue weighted by atomic mass is 79.9. The van der Waals surface area contributed by atoms with Crippen LogP contribution in [-0.2, 0) is 0 Å². The summed E-state index contributed by atoms with van der Waals surface area (Å²) in [5.74, 6) is 1.95. The van der Waals surface area contributed by atoms with E-state index in [2.05, 4.69) is 22.0 Å². The highest BCUT2D eigenvalue weighted by molar-refractivity contribution is 9.10. The van der Waals surface area contributed by atoms with Crippen LogP contribution >= 0.6 is 15.9 Å². The predicted octanol–water partition coefficient (Wildman–Crippen LogP) is 5.56. The van der Waals surface area contributed by atoms with E-state index in [1.54, 1.807) is 6.07 Å². The van der Waals surface area contributed by atoms with Crippen LogP contribution < -0.4 is 14.2 Å². The fraction of sp³-hybridized carbons (Fsp3) is 0.174. The van der Waals surface area contributed by atoms with Gasteiger partial charge >= 0.3 is 0 Å². The zero-order valence-electron chi connectivity index (χ0n) is 15.7. The summed E-state index contributed by atoms with van der Waals surface area (Å²) in [6.45, 7) is 0.233. The maximum atomic E-state index is 13.9. The second-order valence-corrected chi connectivity index (χ2v) is 8.34. The van der Waals surface area contributed by atoms with Crippen LogP contribution in [0.5, 0.6) is 17.2 Å². The molecule has 3 aromatic rings. The lowest BCUT2D eigenvalue weighted by Crippen LogP contribution is -2.33. The molecule has 3 aromatic carbocycles. The fourth-order valence-corrected chi connectivity index (χ4v) is 4.57. The predicted molar refractivity (Wildman–Crippen MR) is 112 cm³/mol. The molecule has 150 valence electrons. The Labute approximate surface area is 180 Å². The zero-order valence-corrected chi connectivity index (χ0v) is 17.3. The van der Waals surface area contributed by atoms with E-state index >= 15 is 0 Å². The molecule has 0 N–H and O–H groups in total. The molecular formula is C23H16BrFN2O3. The van der Waals surface area contributed by atoms with Crippen molar-refractivity contribution in [2.75, 3.05) is 6.79 Å². The lowest BCUT2D eigenvalue weighted by molar-refractivity contribution is -0.0192. The SMILES string of the molecule is Fc1cccc(C2Oc3ccc(Br)cc3C3CC(c4ccc5c(c4)OCO5)=NN32)c1. The van der Waals surface area contributed by atoms with Crippen molar-refractivity contribution in [1.82, 2.24) is 5.01 Å². The Balaban J connectivity index is 1.44. The molecule has 7 heteroatoms. The number of ether oxygens (including phenoxy) is 3. The molecule has 0 saturated carbocycles. The van der Waals surface area contributed by atoms with Gasteiger partial charge in [-0.05, 0) is 48.5 Å². The van der Waals surface area contributed by atoms with Crippen molar-refractivity contribution in [3.63, 3.8) is 0 Å². The molecule has 3 aliphatic heterocycles. The summed E-state index contributed by atoms with van der Waals surface area (Å²) >= 11 is 3.56. The minimum absolute atomic E-state index is 0.0139. The Hall–Kier alpha value is -3.06. The number of hydrazone groups is 1. The first-order valence-electron chi connectivity index (χ1n) is 9.63. The molecule has 2 atom stereocenters. The molecule has 0 aliphatic carbocycles. The van der Waals surface area contributed by atoms with E-state index < -0.39 is 6.23 Å². The van der Waals surface area contributed by atoms with Crippen LogP contribution in [0.15, 0.2) is 70.2 Å². The van der Waals surface area contributed by atoms with Gasteiger partial charge in [-0.1, -0.05) is 28.1 Å². The lowest BCUT2D eigenvalue weighted by atomic mass is 9.96. The molecule has 3 heterocycles. The first kappa shape index (κ1) is 17.8. The molecule has 0 saturated heterocycles. The van der Waals surface area contributed by atoms with Gasteiger partial charge in [-0.3, -0.25) is 0 Å². The van der Waals surface area contributed by atoms with Crippen LogP contribution in [0.2, 0.25) is 0 Å². The summed E-state index contributed by atoms with van der Waals surface area (Å²) in [5.41, 5.74) is 3.68. The molecule has 3 aliphatic rings. The second-order valence-electron chi connectivity index (χ2n) is 7.42. The van der Waals surface area contributed by atoms with Gasteiger partial charge in [0.15, 0.2) is 11.5 Å². The van der Waals surface area contributed by atoms with Gasteiger partial charge in [-0.25, -0.2) is 9.40 Å². The van der Waals surface area contributed by atoms with Crippen LogP contribution in [0.1, 0.15) is 35.4 Å². The van der Waals surface area contributed by atoms with Crippen molar-refractivity contribution >= 4 is 21.6 Å². The summed E-state index contributed by atoms with van der Waals surface area (Å²) in [6.07, 6.45) is 0.198. The Morgan fingerprint density at radius 1 is 0.967 bits per heavy atom. The van der Waals surface area contributed by atoms with Crippen LogP contribution in [-0.4, -0.2) is 17.5 Å². The lowest BCUT2D eigenvalue weighted by Gasteiger charge is -2.38. The largest absolute Gasteiger partial charge is 0.464 e. The summed E-state index contributed by atoms with van der Waals surface area (Å²) in [5, 5.41) is 6.85. The van der Waals surface area contributed by atoms with Crippen LogP contribution in [0.3, 0.4) is 0 Å². The Morgan fingerprint density at radius 3 is 2.73 bits per heavy atom. The van der Waals surface area contributed by atoms with Gasteiger partial charge in [0.2, 0.25) is 13.0 Å². The molecule has 6 rings (SSSR count). The van der Waals surface area contributed by atoms with Crippen LogP contribution in [0.25, 0.3) is 0 Å². The minimum atomic E-state index is -0.508. The number of nitrogens with zero attached hydrogens (tertiary/aromatic N) is 2. The van der Waals surface area contributed by atoms with E-state index in [0.717, 1.165) is 44.1 Å². The molecule has 30 heavy (non-hydrogen) atoms. The third kappa shape index (κ3) is 2.84. The summed E-state index contributed by atoms with van der Waals surface area (Å²) < 4.78 is 32.2. The summed E-state index contributed by atoms with van der Waals surface area (Å²) in [7, 11) is 0. The van der Waals surface area contributed by atoms with Crippen LogP contribution in [0, 0.1) is 5.82 Å². The van der Waals surface area contributed by atoms with Gasteiger partial charge < -0.3 is 14.2 Å². The number of halogens is 2. The van der Waals surface area contributed by atoms with Crippen molar-refractivity contribution in [2.24, 2.45) is 5.10 Å². The molecule has 0 aromatic heterocycles. The third-order valence-electron chi connectivity index (χ3n) is 5.59. The molecule has 0 radical (unpaired) electrons. The Kier molecular flexibility index (Phi) is 3.99. The van der Waals surface area contributed by atoms with Crippen LogP contribution in [0.4, 0.5) is 4.39 Å². The quantitative estimate of drug-likeness (QED) is 0.495. The van der Waals surface area contributed by atoms with Gasteiger partial charge in [-0.15, -0.1) is 0 Å². The normalized spacial score (nSPS) is 21.0. The molecule has 2 unspecified atom stereocenters. The van der Waals surface area contributed by atoms with Gasteiger partial charge in [-0.2, -0.15) is 5.10 Å². The second kappa shape index (κ2) is 6.74. The maximum Gasteiger partial charge on any atom is 0.231 e. The van der Waals surface area contributed by atoms with Crippen molar-refractivity contribution < 1.29 is 18.6 Å². The minimum Gasteiger partial charge on any atom is -0.464 e. The molecule has 5 nitrogen and oxygen atoms in total. The number of benzene rings is 3. The van der Waals surface area contributed by atoms with Crippen molar-refractivity contribution in [3.8, 4) is 17.2 Å². The number of fused-ring (bicyclic) bond motifs is 4. The smallest absolute Gasteiger partial charge is 0.231 e. The zero-order chi connectivity index (χ0) is 20.2. The van der Waals surface area contributed by atoms with Gasteiger partial charge in [0.1, 0.15) is 11.6 Å². The Morgan fingerprint density at radius 2 is 1.83 bits per heavy atom. The monoisotopic (exact) mass is 466 g/mol. The standard InChI is InChI=1S/C23H16BrFN2O3/c24-15-5-7-20-17(10-15)19-11-18(13-4-6-21-22(9-13)29-12-28-21)26-27(19)23(30-20)14-2-1-3-16(25)8-14/h1-10,19,23H,11-12H2. The highest BCUT2D eigenvalue weighted by Crippen LogP contribution is 2.48. The van der Waals surface area contributed by atoms with E-state index in [4.69, 9.17) is 19.3 Å². The van der Waals surface area contributed by atoms with Gasteiger partial charge in [0.05, 0.1) is 11.8 Å². The van der Waals surface area contributed by atoms with Crippen molar-refractivity contribution in [3.05, 3.63) is 87.6 Å². The van der Waals surface area contributed by atoms with E-state index in [9.17, 15) is 4.39 Å². The maximum absolute atomic E-state index is 13.9. The summed E-state index contributed by atoms with van der Waals surface area (Å²) in [6, 6.07) is 18.3. The molecule has 0 amide bonds. The average Bonchev–Trinajstić information content (AvgIpc) is 3.40. The molecule has 0 fully saturated rings. The molecule has 0 spiro atoms. The first-order chi connectivity index (χ1) is 14.7. The van der Waals surface area contributed by atoms with Crippen molar-refractivity contribution in [2.45, 2.75) is 18.7 Å². The average molecular weight is 467 g/mol. The topological polar surface area (TPSA) is 43.3 Å². The van der Waals surface area contributed by atoms with Gasteiger partial charge in [0.25, 0.3) is 0 Å². The van der Waals surface area contributed by atoms with E-state index in [1.165, 1.54) is 12.1 Å². The third-order valence-corrected chi connectivity index (χ3v) is 6.08. The summed E-state index contributed by atoms with van der Waals surface area (Å²) in [4.78, 5) is 0. The Bertz CT molecular complexity index is 1200. The number of rotatable bonds is 2.